The molecule has 0 radical (unpaired) electrons. The molecule has 0 fully saturated rings. The Morgan fingerprint density at radius 3 is 1.71 bits per heavy atom. The van der Waals surface area contributed by atoms with Crippen LogP contribution in [0.3, 0.4) is 0 Å². The van der Waals surface area contributed by atoms with E-state index in [1.165, 1.54) is 0 Å². The third kappa shape index (κ3) is 2.99. The van der Waals surface area contributed by atoms with Crippen LogP contribution in [0.5, 0.6) is 0 Å². The minimum atomic E-state index is -0.789. The fraction of sp³-hybridized carbons (Fsp3) is 0.667. The van der Waals surface area contributed by atoms with Crippen molar-refractivity contribution in [2.45, 2.75) is 10.2 Å². The Balaban J connectivity index is 3.40. The molecule has 0 aromatic heterocycles. The second kappa shape index (κ2) is 3.37. The minimum Gasteiger partial charge on any atom is -0.197 e. The molecule has 40 valence electrons. The lowest BCUT2D eigenvalue weighted by molar-refractivity contribution is 1.17. The molecule has 0 bridgehead atoms. The Hall–Kier alpha value is 0.360. The lowest BCUT2D eigenvalue weighted by Crippen LogP contribution is -2.03. The number of hydrogen-bond acceptors (Lipinski definition) is 1. The highest BCUT2D eigenvalue weighted by Gasteiger charge is 2.10. The average molecular weight is 158 g/mol. The Morgan fingerprint density at radius 1 is 1.29 bits per heavy atom. The molecule has 0 amide bonds. The third-order valence-electron chi connectivity index (χ3n) is 0.345. The lowest BCUT2D eigenvalue weighted by Gasteiger charge is -1.94. The average Bonchev–Trinajstić information content (AvgIpc) is 1.65. The van der Waals surface area contributed by atoms with Crippen LogP contribution in [0.2, 0.25) is 0 Å². The van der Waals surface area contributed by atoms with Crippen LogP contribution in [-0.2, 0) is 0 Å². The van der Waals surface area contributed by atoms with E-state index in [-0.39, 0.29) is 0 Å². The van der Waals surface area contributed by atoms with Crippen molar-refractivity contribution >= 4 is 34.8 Å². The predicted octanol–water partition coefficient (Wildman–Crippen LogP) is 1.92. The van der Waals surface area contributed by atoms with Crippen LogP contribution in [0.1, 0.15) is 0 Å². The summed E-state index contributed by atoms with van der Waals surface area (Å²) in [6.07, 6.45) is 0. The maximum Gasteiger partial charge on any atom is 0.150 e. The molecule has 0 rings (SSSR count). The van der Waals surface area contributed by atoms with E-state index in [2.05, 4.69) is 0 Å². The van der Waals surface area contributed by atoms with E-state index >= 15 is 0 Å². The van der Waals surface area contributed by atoms with E-state index in [0.29, 0.717) is 0 Å². The summed E-state index contributed by atoms with van der Waals surface area (Å²) in [5, 5.41) is 7.17. The first-order chi connectivity index (χ1) is 3.18. The van der Waals surface area contributed by atoms with E-state index in [0.717, 1.165) is 0 Å². The molecule has 0 aliphatic heterocycles. The minimum absolute atomic E-state index is 0.785. The largest absolute Gasteiger partial charge is 0.197 e. The highest BCUT2D eigenvalue weighted by Crippen LogP contribution is 2.11. The smallest absolute Gasteiger partial charge is 0.150 e. The maximum atomic E-state index is 7.95. The molecule has 0 saturated carbocycles. The van der Waals surface area contributed by atoms with Gasteiger partial charge in [-0.05, 0) is 0 Å². The van der Waals surface area contributed by atoms with Gasteiger partial charge in [0.25, 0.3) is 0 Å². The topological polar surface area (TPSA) is 23.8 Å². The number of hydrogen-bond donors (Lipinski definition) is 0. The first-order valence-corrected chi connectivity index (χ1v) is 2.81. The molecule has 1 nitrogen and oxygen atoms in total. The van der Waals surface area contributed by atoms with Crippen molar-refractivity contribution in [2.24, 2.45) is 0 Å². The second-order valence-electron chi connectivity index (χ2n) is 0.865. The zero-order chi connectivity index (χ0) is 5.86. The lowest BCUT2D eigenvalue weighted by atomic mass is 10.5. The molecule has 7 heavy (non-hydrogen) atoms. The standard InChI is InChI=1S/C3H2Cl3N/c4-2(1-7)3(5)6/h2-3H. The maximum absolute atomic E-state index is 7.95. The highest BCUT2D eigenvalue weighted by molar-refractivity contribution is 6.48. The van der Waals surface area contributed by atoms with E-state index in [4.69, 9.17) is 40.1 Å². The summed E-state index contributed by atoms with van der Waals surface area (Å²) in [6, 6.07) is 1.67. The van der Waals surface area contributed by atoms with Crippen molar-refractivity contribution in [2.75, 3.05) is 0 Å². The SMILES string of the molecule is N#CC(Cl)C(Cl)Cl. The predicted molar refractivity (Wildman–Crippen MR) is 30.7 cm³/mol. The van der Waals surface area contributed by atoms with Gasteiger partial charge in [-0.1, -0.05) is 0 Å². The third-order valence-corrected chi connectivity index (χ3v) is 1.46. The van der Waals surface area contributed by atoms with Crippen molar-refractivity contribution in [3.63, 3.8) is 0 Å². The van der Waals surface area contributed by atoms with E-state index in [1.807, 2.05) is 0 Å². The summed E-state index contributed by atoms with van der Waals surface area (Å²) >= 11 is 15.5. The molecular weight excluding hydrogens is 156 g/mol. The Bertz CT molecular complexity index is 84.7. The molecule has 0 aromatic rings. The molecule has 0 spiro atoms. The first-order valence-electron chi connectivity index (χ1n) is 1.50. The van der Waals surface area contributed by atoms with Crippen LogP contribution in [-0.4, -0.2) is 10.2 Å². The molecule has 0 aliphatic rings. The van der Waals surface area contributed by atoms with Gasteiger partial charge in [-0.3, -0.25) is 0 Å². The van der Waals surface area contributed by atoms with Gasteiger partial charge in [-0.15, -0.1) is 34.8 Å². The van der Waals surface area contributed by atoms with Crippen molar-refractivity contribution < 1.29 is 0 Å². The fourth-order valence-corrected chi connectivity index (χ4v) is 0.169. The summed E-state index contributed by atoms with van der Waals surface area (Å²) in [4.78, 5) is -0.785. The van der Waals surface area contributed by atoms with E-state index in [9.17, 15) is 0 Å². The van der Waals surface area contributed by atoms with Crippen molar-refractivity contribution in [3.05, 3.63) is 0 Å². The Kier molecular flexibility index (Phi) is 3.55. The van der Waals surface area contributed by atoms with Gasteiger partial charge in [0.1, 0.15) is 4.84 Å². The molecule has 0 N–H and O–H groups in total. The summed E-state index contributed by atoms with van der Waals surface area (Å²) in [5.41, 5.74) is 0. The van der Waals surface area contributed by atoms with Gasteiger partial charge in [-0.25, -0.2) is 0 Å². The normalized spacial score (nSPS) is 13.6. The number of nitriles is 1. The van der Waals surface area contributed by atoms with E-state index < -0.39 is 10.2 Å². The van der Waals surface area contributed by atoms with Crippen LogP contribution >= 0.6 is 34.8 Å². The molecule has 1 unspecified atom stereocenters. The Morgan fingerprint density at radius 2 is 1.71 bits per heavy atom. The van der Waals surface area contributed by atoms with Crippen LogP contribution in [0, 0.1) is 11.3 Å². The van der Waals surface area contributed by atoms with Crippen LogP contribution in [0.25, 0.3) is 0 Å². The summed E-state index contributed by atoms with van der Waals surface area (Å²) in [6.45, 7) is 0. The molecule has 0 saturated heterocycles. The quantitative estimate of drug-likeness (QED) is 0.535. The summed E-state index contributed by atoms with van der Waals surface area (Å²) in [7, 11) is 0. The van der Waals surface area contributed by atoms with Crippen molar-refractivity contribution in [1.29, 1.82) is 5.26 Å². The summed E-state index contributed by atoms with van der Waals surface area (Å²) in [5.74, 6) is 0. The number of alkyl halides is 3. The van der Waals surface area contributed by atoms with Gasteiger partial charge in [0.05, 0.1) is 6.07 Å². The monoisotopic (exact) mass is 157 g/mol. The molecular formula is C3H2Cl3N. The van der Waals surface area contributed by atoms with Gasteiger partial charge in [0.2, 0.25) is 0 Å². The zero-order valence-corrected chi connectivity index (χ0v) is 5.50. The molecule has 4 heteroatoms. The number of nitrogens with zero attached hydrogens (tertiary/aromatic N) is 1. The van der Waals surface area contributed by atoms with Crippen LogP contribution in [0.4, 0.5) is 0 Å². The van der Waals surface area contributed by atoms with Gasteiger partial charge >= 0.3 is 0 Å². The summed E-state index contributed by atoms with van der Waals surface area (Å²) < 4.78 is 0. The first kappa shape index (κ1) is 7.36. The Labute approximate surface area is 56.8 Å². The molecule has 0 aliphatic carbocycles. The van der Waals surface area contributed by atoms with Crippen LogP contribution in [0.15, 0.2) is 0 Å². The van der Waals surface area contributed by atoms with E-state index in [1.54, 1.807) is 6.07 Å². The molecule has 0 heterocycles. The van der Waals surface area contributed by atoms with Gasteiger partial charge < -0.3 is 0 Å². The van der Waals surface area contributed by atoms with Gasteiger partial charge in [-0.2, -0.15) is 5.26 Å². The molecule has 0 aromatic carbocycles. The zero-order valence-electron chi connectivity index (χ0n) is 3.24. The van der Waals surface area contributed by atoms with Gasteiger partial charge in [0.15, 0.2) is 5.38 Å². The molecule has 1 atom stereocenters. The highest BCUT2D eigenvalue weighted by atomic mass is 35.5. The second-order valence-corrected chi connectivity index (χ2v) is 2.50. The number of halogens is 3. The van der Waals surface area contributed by atoms with Gasteiger partial charge in [0, 0.05) is 0 Å². The number of rotatable bonds is 1. The van der Waals surface area contributed by atoms with Crippen molar-refractivity contribution in [1.82, 2.24) is 0 Å². The van der Waals surface area contributed by atoms with Crippen LogP contribution < -0.4 is 0 Å². The fourth-order valence-electron chi connectivity index (χ4n) is 0.0563. The van der Waals surface area contributed by atoms with Crippen molar-refractivity contribution in [3.8, 4) is 6.07 Å².